The molecule has 11 heteroatoms. The molecule has 176 valence electrons. The van der Waals surface area contributed by atoms with E-state index in [1.807, 2.05) is 12.1 Å². The summed E-state index contributed by atoms with van der Waals surface area (Å²) >= 11 is 0. The van der Waals surface area contributed by atoms with E-state index in [1.165, 1.54) is 6.07 Å². The van der Waals surface area contributed by atoms with Crippen LogP contribution in [0.15, 0.2) is 30.3 Å². The number of carbonyl (C=O) groups excluding carboxylic acids is 2. The SMILES string of the molecule is NC(=O)c1cc(NC2CCNC2=O)nc(-c2ccc(CC3CCC(C(F)(F)F)CN3)cc2)n1. The number of anilines is 1. The summed E-state index contributed by atoms with van der Waals surface area (Å²) < 4.78 is 38.5. The molecule has 5 N–H and O–H groups in total. The second-order valence-corrected chi connectivity index (χ2v) is 8.43. The number of hydrogen-bond donors (Lipinski definition) is 4. The van der Waals surface area contributed by atoms with Gasteiger partial charge in [0.05, 0.1) is 5.92 Å². The maximum Gasteiger partial charge on any atom is 0.393 e. The first kappa shape index (κ1) is 23.0. The van der Waals surface area contributed by atoms with E-state index >= 15 is 0 Å². The van der Waals surface area contributed by atoms with Gasteiger partial charge in [0.2, 0.25) is 5.91 Å². The monoisotopic (exact) mass is 462 g/mol. The summed E-state index contributed by atoms with van der Waals surface area (Å²) in [6.45, 7) is 0.500. The lowest BCUT2D eigenvalue weighted by Crippen LogP contribution is -2.45. The predicted molar refractivity (Wildman–Crippen MR) is 115 cm³/mol. The van der Waals surface area contributed by atoms with Gasteiger partial charge in [-0.1, -0.05) is 24.3 Å². The van der Waals surface area contributed by atoms with Gasteiger partial charge in [0.25, 0.3) is 5.91 Å². The van der Waals surface area contributed by atoms with Crippen LogP contribution in [0.5, 0.6) is 0 Å². The molecule has 3 heterocycles. The number of rotatable bonds is 6. The number of nitrogens with zero attached hydrogens (tertiary/aromatic N) is 2. The van der Waals surface area contributed by atoms with Crippen LogP contribution >= 0.6 is 0 Å². The normalized spacial score (nSPS) is 23.2. The lowest BCUT2D eigenvalue weighted by Gasteiger charge is -2.31. The molecule has 0 aliphatic carbocycles. The van der Waals surface area contributed by atoms with Crippen molar-refractivity contribution < 1.29 is 22.8 Å². The molecule has 3 atom stereocenters. The van der Waals surface area contributed by atoms with Gasteiger partial charge in [-0.25, -0.2) is 9.97 Å². The molecule has 2 saturated heterocycles. The van der Waals surface area contributed by atoms with Crippen LogP contribution in [-0.4, -0.2) is 53.1 Å². The number of piperidine rings is 1. The number of nitrogens with two attached hydrogens (primary N) is 1. The highest BCUT2D eigenvalue weighted by Gasteiger charge is 2.41. The fraction of sp³-hybridized carbons (Fsp3) is 0.455. The molecule has 0 spiro atoms. The average Bonchev–Trinajstić information content (AvgIpc) is 3.18. The Hall–Kier alpha value is -3.21. The molecule has 0 bridgehead atoms. The Bertz CT molecular complexity index is 1020. The zero-order valence-corrected chi connectivity index (χ0v) is 17.8. The smallest absolute Gasteiger partial charge is 0.364 e. The molecule has 2 fully saturated rings. The fourth-order valence-corrected chi connectivity index (χ4v) is 4.13. The van der Waals surface area contributed by atoms with Crippen molar-refractivity contribution in [3.63, 3.8) is 0 Å². The average molecular weight is 462 g/mol. The van der Waals surface area contributed by atoms with Crippen LogP contribution < -0.4 is 21.7 Å². The Balaban J connectivity index is 1.45. The summed E-state index contributed by atoms with van der Waals surface area (Å²) in [4.78, 5) is 32.3. The minimum atomic E-state index is -4.16. The Morgan fingerprint density at radius 2 is 1.91 bits per heavy atom. The number of halogens is 3. The van der Waals surface area contributed by atoms with E-state index in [2.05, 4.69) is 25.9 Å². The number of primary amides is 1. The van der Waals surface area contributed by atoms with Gasteiger partial charge in [-0.15, -0.1) is 0 Å². The van der Waals surface area contributed by atoms with Crippen LogP contribution in [-0.2, 0) is 11.2 Å². The van der Waals surface area contributed by atoms with Gasteiger partial charge in [-0.3, -0.25) is 9.59 Å². The predicted octanol–water partition coefficient (Wildman–Crippen LogP) is 2.02. The van der Waals surface area contributed by atoms with Crippen molar-refractivity contribution in [2.45, 2.75) is 43.9 Å². The number of alkyl halides is 3. The quantitative estimate of drug-likeness (QED) is 0.521. The van der Waals surface area contributed by atoms with Gasteiger partial charge in [-0.05, 0) is 31.2 Å². The Kier molecular flexibility index (Phi) is 6.50. The van der Waals surface area contributed by atoms with E-state index in [9.17, 15) is 22.8 Å². The first-order chi connectivity index (χ1) is 15.7. The number of aromatic nitrogens is 2. The third-order valence-corrected chi connectivity index (χ3v) is 6.02. The number of carbonyl (C=O) groups is 2. The number of amides is 2. The molecule has 0 saturated carbocycles. The first-order valence-electron chi connectivity index (χ1n) is 10.8. The molecule has 33 heavy (non-hydrogen) atoms. The summed E-state index contributed by atoms with van der Waals surface area (Å²) in [5.41, 5.74) is 7.05. The van der Waals surface area contributed by atoms with Crippen LogP contribution in [0.3, 0.4) is 0 Å². The van der Waals surface area contributed by atoms with Crippen molar-refractivity contribution >= 4 is 17.6 Å². The zero-order chi connectivity index (χ0) is 23.6. The summed E-state index contributed by atoms with van der Waals surface area (Å²) in [5, 5.41) is 8.74. The second kappa shape index (κ2) is 9.34. The summed E-state index contributed by atoms with van der Waals surface area (Å²) in [6, 6.07) is 8.27. The molecule has 1 aromatic carbocycles. The number of benzene rings is 1. The summed E-state index contributed by atoms with van der Waals surface area (Å²) in [5.74, 6) is -1.54. The van der Waals surface area contributed by atoms with Crippen molar-refractivity contribution in [1.29, 1.82) is 0 Å². The van der Waals surface area contributed by atoms with E-state index in [0.717, 1.165) is 5.56 Å². The van der Waals surface area contributed by atoms with Gasteiger partial charge in [-0.2, -0.15) is 13.2 Å². The van der Waals surface area contributed by atoms with Gasteiger partial charge in [0, 0.05) is 30.8 Å². The third kappa shape index (κ3) is 5.59. The minimum Gasteiger partial charge on any atom is -0.364 e. The van der Waals surface area contributed by atoms with E-state index in [4.69, 9.17) is 5.73 Å². The Morgan fingerprint density at radius 3 is 2.48 bits per heavy atom. The summed E-state index contributed by atoms with van der Waals surface area (Å²) in [7, 11) is 0. The van der Waals surface area contributed by atoms with Gasteiger partial charge >= 0.3 is 6.18 Å². The van der Waals surface area contributed by atoms with Crippen molar-refractivity contribution in [1.82, 2.24) is 20.6 Å². The van der Waals surface area contributed by atoms with E-state index in [-0.39, 0.29) is 36.4 Å². The van der Waals surface area contributed by atoms with Crippen LogP contribution in [0.1, 0.15) is 35.3 Å². The minimum absolute atomic E-state index is 0.0164. The molecule has 2 aliphatic rings. The fourth-order valence-electron chi connectivity index (χ4n) is 4.13. The maximum absolute atomic E-state index is 12.8. The highest BCUT2D eigenvalue weighted by molar-refractivity contribution is 5.92. The Labute approximate surface area is 188 Å². The van der Waals surface area contributed by atoms with Crippen molar-refractivity contribution in [3.05, 3.63) is 41.6 Å². The molecule has 2 amide bonds. The van der Waals surface area contributed by atoms with E-state index < -0.39 is 24.0 Å². The molecule has 1 aromatic heterocycles. The largest absolute Gasteiger partial charge is 0.393 e. The van der Waals surface area contributed by atoms with Crippen LogP contribution in [0, 0.1) is 5.92 Å². The van der Waals surface area contributed by atoms with E-state index in [1.54, 1.807) is 12.1 Å². The highest BCUT2D eigenvalue weighted by Crippen LogP contribution is 2.32. The molecule has 3 unspecified atom stereocenters. The van der Waals surface area contributed by atoms with Crippen molar-refractivity contribution in [2.24, 2.45) is 11.7 Å². The first-order valence-corrected chi connectivity index (χ1v) is 10.8. The number of nitrogens with one attached hydrogen (secondary N) is 3. The lowest BCUT2D eigenvalue weighted by molar-refractivity contribution is -0.179. The third-order valence-electron chi connectivity index (χ3n) is 6.02. The van der Waals surface area contributed by atoms with Crippen molar-refractivity contribution in [3.8, 4) is 11.4 Å². The second-order valence-electron chi connectivity index (χ2n) is 8.43. The van der Waals surface area contributed by atoms with Gasteiger partial charge < -0.3 is 21.7 Å². The Morgan fingerprint density at radius 1 is 1.15 bits per heavy atom. The van der Waals surface area contributed by atoms with E-state index in [0.29, 0.717) is 37.2 Å². The standard InChI is InChI=1S/C22H25F3N6O2/c23-22(24,25)14-5-6-15(28-11-14)9-12-1-3-13(4-2-12)20-30-17(19(26)32)10-18(31-20)29-16-7-8-27-21(16)33/h1-4,10,14-16,28H,5-9,11H2,(H2,26,32)(H,27,33)(H,29,30,31). The topological polar surface area (TPSA) is 122 Å². The number of hydrogen-bond acceptors (Lipinski definition) is 6. The van der Waals surface area contributed by atoms with Crippen molar-refractivity contribution in [2.75, 3.05) is 18.4 Å². The molecule has 4 rings (SSSR count). The van der Waals surface area contributed by atoms with Crippen LogP contribution in [0.4, 0.5) is 19.0 Å². The van der Waals surface area contributed by atoms with Crippen LogP contribution in [0.2, 0.25) is 0 Å². The van der Waals surface area contributed by atoms with Gasteiger partial charge in [0.15, 0.2) is 5.82 Å². The molecule has 8 nitrogen and oxygen atoms in total. The highest BCUT2D eigenvalue weighted by atomic mass is 19.4. The van der Waals surface area contributed by atoms with Crippen LogP contribution in [0.25, 0.3) is 11.4 Å². The zero-order valence-electron chi connectivity index (χ0n) is 17.8. The molecule has 0 radical (unpaired) electrons. The molecule has 2 aromatic rings. The van der Waals surface area contributed by atoms with Gasteiger partial charge in [0.1, 0.15) is 17.6 Å². The lowest BCUT2D eigenvalue weighted by atomic mass is 9.91. The molecule has 2 aliphatic heterocycles. The summed E-state index contributed by atoms with van der Waals surface area (Å²) in [6.07, 6.45) is -2.37. The molecular weight excluding hydrogens is 437 g/mol. The molecular formula is C22H25F3N6O2. The maximum atomic E-state index is 12.8.